The highest BCUT2D eigenvalue weighted by atomic mass is 16.5. The molecule has 1 rings (SSSR count). The zero-order valence-corrected chi connectivity index (χ0v) is 10.1. The van der Waals surface area contributed by atoms with Gasteiger partial charge in [-0.15, -0.1) is 0 Å². The summed E-state index contributed by atoms with van der Waals surface area (Å²) in [5.74, 6) is -1.01. The van der Waals surface area contributed by atoms with Crippen molar-refractivity contribution in [2.24, 2.45) is 0 Å². The molecule has 0 aliphatic heterocycles. The molecule has 17 heavy (non-hydrogen) atoms. The Balaban J connectivity index is 3.01. The summed E-state index contributed by atoms with van der Waals surface area (Å²) in [6.07, 6.45) is 1.04. The fourth-order valence-corrected chi connectivity index (χ4v) is 1.45. The maximum absolute atomic E-state index is 11.7. The van der Waals surface area contributed by atoms with Crippen LogP contribution in [0.1, 0.15) is 42.8 Å². The van der Waals surface area contributed by atoms with Crippen molar-refractivity contribution < 1.29 is 19.1 Å². The lowest BCUT2D eigenvalue weighted by Crippen LogP contribution is -2.22. The lowest BCUT2D eigenvalue weighted by molar-refractivity contribution is 0.0275. The molecule has 1 aromatic heterocycles. The van der Waals surface area contributed by atoms with Gasteiger partial charge in [0.05, 0.1) is 0 Å². The Morgan fingerprint density at radius 1 is 1.47 bits per heavy atom. The molecule has 1 N–H and O–H groups in total. The van der Waals surface area contributed by atoms with Crippen LogP contribution in [0.15, 0.2) is 15.3 Å². The fraction of sp³-hybridized carbons (Fsp3) is 0.500. The lowest BCUT2D eigenvalue weighted by Gasteiger charge is -2.13. The van der Waals surface area contributed by atoms with E-state index >= 15 is 0 Å². The first-order valence-corrected chi connectivity index (χ1v) is 5.54. The Morgan fingerprint density at radius 3 is 2.53 bits per heavy atom. The normalized spacial score (nSPS) is 10.6. The zero-order chi connectivity index (χ0) is 13.0. The highest BCUT2D eigenvalue weighted by Gasteiger charge is 2.22. The van der Waals surface area contributed by atoms with Gasteiger partial charge in [-0.25, -0.2) is 9.59 Å². The van der Waals surface area contributed by atoms with Gasteiger partial charge in [-0.1, -0.05) is 13.8 Å². The van der Waals surface area contributed by atoms with Gasteiger partial charge in [0.2, 0.25) is 0 Å². The predicted molar refractivity (Wildman–Crippen MR) is 61.2 cm³/mol. The summed E-state index contributed by atoms with van der Waals surface area (Å²) in [6, 6.07) is 1.21. The lowest BCUT2D eigenvalue weighted by atomic mass is 10.2. The minimum atomic E-state index is -0.876. The van der Waals surface area contributed by atoms with Crippen LogP contribution in [-0.4, -0.2) is 17.2 Å². The van der Waals surface area contributed by atoms with Crippen LogP contribution in [0.25, 0.3) is 0 Å². The minimum absolute atomic E-state index is 0.242. The molecule has 0 aromatic carbocycles. The maximum Gasteiger partial charge on any atom is 0.354 e. The second kappa shape index (κ2) is 5.52. The van der Waals surface area contributed by atoms with Gasteiger partial charge in [-0.3, -0.25) is 0 Å². The molecule has 1 aromatic rings. The van der Waals surface area contributed by atoms with Crippen LogP contribution in [-0.2, 0) is 4.74 Å². The molecule has 5 nitrogen and oxygen atoms in total. The summed E-state index contributed by atoms with van der Waals surface area (Å²) in [5, 5.41) is 9.54. The van der Waals surface area contributed by atoms with Crippen molar-refractivity contribution in [3.63, 3.8) is 0 Å². The van der Waals surface area contributed by atoms with Crippen molar-refractivity contribution in [2.45, 2.75) is 39.7 Å². The molecule has 0 bridgehead atoms. The number of carbonyl (C=O) groups excluding carboxylic acids is 1. The molecule has 0 saturated heterocycles. The van der Waals surface area contributed by atoms with E-state index in [0.29, 0.717) is 12.8 Å². The summed E-state index contributed by atoms with van der Waals surface area (Å²) in [5.41, 5.74) is -1.32. The highest BCUT2D eigenvalue weighted by molar-refractivity contribution is 5.91. The molecular formula is C12H16O5. The van der Waals surface area contributed by atoms with Gasteiger partial charge in [-0.05, 0) is 19.8 Å². The van der Waals surface area contributed by atoms with Gasteiger partial charge in [0.1, 0.15) is 17.6 Å². The molecule has 5 heteroatoms. The van der Waals surface area contributed by atoms with Gasteiger partial charge in [0.25, 0.3) is 0 Å². The van der Waals surface area contributed by atoms with E-state index in [-0.39, 0.29) is 11.9 Å². The van der Waals surface area contributed by atoms with Crippen LogP contribution in [0.4, 0.5) is 0 Å². The minimum Gasteiger partial charge on any atom is -0.507 e. The van der Waals surface area contributed by atoms with Crippen molar-refractivity contribution in [3.8, 4) is 5.75 Å². The quantitative estimate of drug-likeness (QED) is 0.814. The third kappa shape index (κ3) is 3.09. The molecule has 0 unspecified atom stereocenters. The number of hydrogen-bond donors (Lipinski definition) is 1. The van der Waals surface area contributed by atoms with Gasteiger partial charge in [-0.2, -0.15) is 0 Å². The van der Waals surface area contributed by atoms with Crippen LogP contribution in [0.3, 0.4) is 0 Å². The van der Waals surface area contributed by atoms with E-state index in [1.165, 1.54) is 13.0 Å². The predicted octanol–water partition coefficient (Wildman–Crippen LogP) is 2.00. The number of carbonyl (C=O) groups is 1. The molecular weight excluding hydrogens is 224 g/mol. The van der Waals surface area contributed by atoms with Crippen LogP contribution >= 0.6 is 0 Å². The van der Waals surface area contributed by atoms with Crippen molar-refractivity contribution in [3.05, 3.63) is 27.8 Å². The second-order valence-electron chi connectivity index (χ2n) is 3.75. The van der Waals surface area contributed by atoms with Crippen LogP contribution in [0.5, 0.6) is 5.75 Å². The van der Waals surface area contributed by atoms with E-state index in [4.69, 9.17) is 9.15 Å². The summed E-state index contributed by atoms with van der Waals surface area (Å²) < 4.78 is 9.82. The highest BCUT2D eigenvalue weighted by Crippen LogP contribution is 2.17. The van der Waals surface area contributed by atoms with Gasteiger partial charge < -0.3 is 14.3 Å². The molecule has 0 radical (unpaired) electrons. The van der Waals surface area contributed by atoms with Crippen molar-refractivity contribution >= 4 is 5.97 Å². The number of ether oxygens (including phenoxy) is 1. The van der Waals surface area contributed by atoms with E-state index in [1.807, 2.05) is 13.8 Å². The van der Waals surface area contributed by atoms with Crippen LogP contribution in [0.2, 0.25) is 0 Å². The number of aromatic hydroxyl groups is 1. The van der Waals surface area contributed by atoms with Gasteiger partial charge >= 0.3 is 11.6 Å². The summed E-state index contributed by atoms with van der Waals surface area (Å²) in [7, 11) is 0. The van der Waals surface area contributed by atoms with E-state index in [0.717, 1.165) is 0 Å². The number of hydrogen-bond acceptors (Lipinski definition) is 5. The van der Waals surface area contributed by atoms with E-state index in [1.54, 1.807) is 0 Å². The van der Waals surface area contributed by atoms with Gasteiger partial charge in [0, 0.05) is 6.07 Å². The van der Waals surface area contributed by atoms with E-state index in [9.17, 15) is 14.7 Å². The zero-order valence-electron chi connectivity index (χ0n) is 10.1. The Labute approximate surface area is 99.0 Å². The Kier molecular flexibility index (Phi) is 4.31. The summed E-state index contributed by atoms with van der Waals surface area (Å²) in [4.78, 5) is 23.1. The molecule has 0 aliphatic carbocycles. The summed E-state index contributed by atoms with van der Waals surface area (Å²) in [6.45, 7) is 5.26. The summed E-state index contributed by atoms with van der Waals surface area (Å²) >= 11 is 0. The molecule has 0 saturated carbocycles. The fourth-order valence-electron chi connectivity index (χ4n) is 1.45. The largest absolute Gasteiger partial charge is 0.507 e. The average molecular weight is 240 g/mol. The topological polar surface area (TPSA) is 76.7 Å². The number of aryl methyl sites for hydroxylation is 1. The Hall–Kier alpha value is -1.78. The number of esters is 1. The third-order valence-electron chi connectivity index (χ3n) is 2.44. The van der Waals surface area contributed by atoms with Crippen molar-refractivity contribution in [2.75, 3.05) is 0 Å². The average Bonchev–Trinajstić information content (AvgIpc) is 2.24. The molecule has 0 fully saturated rings. The van der Waals surface area contributed by atoms with Crippen LogP contribution in [0, 0.1) is 6.92 Å². The molecule has 0 atom stereocenters. The smallest absolute Gasteiger partial charge is 0.354 e. The first kappa shape index (κ1) is 13.3. The second-order valence-corrected chi connectivity index (χ2v) is 3.75. The van der Waals surface area contributed by atoms with Crippen LogP contribution < -0.4 is 5.63 Å². The monoisotopic (exact) mass is 240 g/mol. The maximum atomic E-state index is 11.7. The van der Waals surface area contributed by atoms with E-state index < -0.39 is 22.9 Å². The van der Waals surface area contributed by atoms with Crippen molar-refractivity contribution in [1.29, 1.82) is 0 Å². The molecule has 94 valence electrons. The molecule has 0 spiro atoms. The Bertz CT molecular complexity index is 456. The molecule has 0 aliphatic rings. The van der Waals surface area contributed by atoms with Crippen molar-refractivity contribution in [1.82, 2.24) is 0 Å². The standard InChI is InChI=1S/C12H16O5/c1-4-8(5-2)17-12(15)10-9(13)6-7(3)16-11(10)14/h6,8,13H,4-5H2,1-3H3. The molecule has 1 heterocycles. The number of rotatable bonds is 4. The first-order chi connectivity index (χ1) is 7.99. The third-order valence-corrected chi connectivity index (χ3v) is 2.44. The SMILES string of the molecule is CCC(CC)OC(=O)c1c(O)cc(C)oc1=O. The van der Waals surface area contributed by atoms with Gasteiger partial charge in [0.15, 0.2) is 5.56 Å². The van der Waals surface area contributed by atoms with E-state index in [2.05, 4.69) is 0 Å². The molecule has 0 amide bonds. The first-order valence-electron chi connectivity index (χ1n) is 5.54. The Morgan fingerprint density at radius 2 is 2.06 bits per heavy atom.